The molecule has 0 bridgehead atoms. The molecule has 2 rings (SSSR count). The molecule has 2 aromatic heterocycles. The lowest BCUT2D eigenvalue weighted by Gasteiger charge is -2.04. The first-order valence-electron chi connectivity index (χ1n) is 4.91. The van der Waals surface area contributed by atoms with Crippen molar-refractivity contribution in [1.82, 2.24) is 9.97 Å². The van der Waals surface area contributed by atoms with Gasteiger partial charge in [0.05, 0.1) is 22.1 Å². The summed E-state index contributed by atoms with van der Waals surface area (Å²) in [5, 5.41) is 3.08. The van der Waals surface area contributed by atoms with Crippen molar-refractivity contribution in [3.63, 3.8) is 0 Å². The van der Waals surface area contributed by atoms with E-state index in [1.807, 2.05) is 11.7 Å². The monoisotopic (exact) mass is 239 g/mol. The van der Waals surface area contributed by atoms with Gasteiger partial charge in [-0.15, -0.1) is 22.7 Å². The molecule has 0 spiro atoms. The van der Waals surface area contributed by atoms with Gasteiger partial charge in [0.2, 0.25) is 0 Å². The fraction of sp³-hybridized carbons (Fsp3) is 0.400. The summed E-state index contributed by atoms with van der Waals surface area (Å²) in [5.41, 5.74) is 8.83. The number of nitrogens with two attached hydrogens (primary N) is 1. The van der Waals surface area contributed by atoms with Gasteiger partial charge in [0, 0.05) is 11.6 Å². The molecule has 2 aromatic rings. The van der Waals surface area contributed by atoms with Crippen LogP contribution in [0.3, 0.4) is 0 Å². The average molecular weight is 239 g/mol. The molecule has 0 saturated carbocycles. The SMILES string of the molecule is CCCC(N)c1nc(-c2cncs2)cs1. The first-order valence-corrected chi connectivity index (χ1v) is 6.67. The van der Waals surface area contributed by atoms with Gasteiger partial charge in [-0.3, -0.25) is 4.98 Å². The number of rotatable bonds is 4. The largest absolute Gasteiger partial charge is 0.322 e. The van der Waals surface area contributed by atoms with Gasteiger partial charge in [0.25, 0.3) is 0 Å². The van der Waals surface area contributed by atoms with Crippen LogP contribution in [0.4, 0.5) is 0 Å². The van der Waals surface area contributed by atoms with E-state index in [4.69, 9.17) is 5.73 Å². The second-order valence-electron chi connectivity index (χ2n) is 3.33. The highest BCUT2D eigenvalue weighted by Crippen LogP contribution is 2.28. The second-order valence-corrected chi connectivity index (χ2v) is 5.11. The molecule has 0 amide bonds. The van der Waals surface area contributed by atoms with Crippen molar-refractivity contribution < 1.29 is 0 Å². The van der Waals surface area contributed by atoms with Crippen LogP contribution in [0, 0.1) is 0 Å². The van der Waals surface area contributed by atoms with E-state index in [0.29, 0.717) is 0 Å². The maximum Gasteiger partial charge on any atom is 0.110 e. The van der Waals surface area contributed by atoms with Gasteiger partial charge in [-0.05, 0) is 6.42 Å². The Morgan fingerprint density at radius 2 is 2.33 bits per heavy atom. The Bertz CT molecular complexity index is 408. The van der Waals surface area contributed by atoms with Crippen LogP contribution < -0.4 is 5.73 Å². The zero-order chi connectivity index (χ0) is 10.7. The quantitative estimate of drug-likeness (QED) is 0.892. The lowest BCUT2D eigenvalue weighted by atomic mass is 10.2. The molecule has 0 saturated heterocycles. The highest BCUT2D eigenvalue weighted by atomic mass is 32.1. The molecular formula is C10H13N3S2. The molecule has 0 radical (unpaired) electrons. The summed E-state index contributed by atoms with van der Waals surface area (Å²) >= 11 is 3.25. The van der Waals surface area contributed by atoms with Crippen LogP contribution in [0.15, 0.2) is 17.1 Å². The lowest BCUT2D eigenvalue weighted by molar-refractivity contribution is 0.635. The summed E-state index contributed by atoms with van der Waals surface area (Å²) in [6, 6.07) is 0.0849. The number of hydrogen-bond donors (Lipinski definition) is 1. The van der Waals surface area contributed by atoms with Gasteiger partial charge in [-0.25, -0.2) is 4.98 Å². The minimum absolute atomic E-state index is 0.0849. The Morgan fingerprint density at radius 1 is 1.47 bits per heavy atom. The summed E-state index contributed by atoms with van der Waals surface area (Å²) in [5.74, 6) is 0. The molecule has 0 aliphatic carbocycles. The normalized spacial score (nSPS) is 12.9. The summed E-state index contributed by atoms with van der Waals surface area (Å²) in [6.45, 7) is 2.14. The molecule has 0 aromatic carbocycles. The van der Waals surface area contributed by atoms with Crippen LogP contribution in [0.1, 0.15) is 30.8 Å². The maximum atomic E-state index is 6.01. The molecule has 80 valence electrons. The smallest absolute Gasteiger partial charge is 0.110 e. The van der Waals surface area contributed by atoms with Crippen molar-refractivity contribution in [3.05, 3.63) is 22.1 Å². The molecule has 3 nitrogen and oxygen atoms in total. The van der Waals surface area contributed by atoms with Gasteiger partial charge in [-0.1, -0.05) is 13.3 Å². The predicted octanol–water partition coefficient (Wildman–Crippen LogP) is 3.07. The van der Waals surface area contributed by atoms with E-state index in [1.165, 1.54) is 0 Å². The second kappa shape index (κ2) is 4.83. The minimum Gasteiger partial charge on any atom is -0.322 e. The summed E-state index contributed by atoms with van der Waals surface area (Å²) in [7, 11) is 0. The van der Waals surface area contributed by atoms with E-state index < -0.39 is 0 Å². The fourth-order valence-corrected chi connectivity index (χ4v) is 2.86. The predicted molar refractivity (Wildman–Crippen MR) is 65.1 cm³/mol. The molecule has 0 aliphatic rings. The lowest BCUT2D eigenvalue weighted by Crippen LogP contribution is -2.08. The number of thiazole rings is 2. The van der Waals surface area contributed by atoms with Crippen LogP contribution in [0.5, 0.6) is 0 Å². The zero-order valence-corrected chi connectivity index (χ0v) is 10.1. The molecule has 2 heterocycles. The van der Waals surface area contributed by atoms with Crippen molar-refractivity contribution in [2.24, 2.45) is 5.73 Å². The highest BCUT2D eigenvalue weighted by Gasteiger charge is 2.11. The van der Waals surface area contributed by atoms with E-state index in [9.17, 15) is 0 Å². The van der Waals surface area contributed by atoms with E-state index in [1.54, 1.807) is 22.7 Å². The fourth-order valence-electron chi connectivity index (χ4n) is 1.35. The Kier molecular flexibility index (Phi) is 3.45. The molecule has 1 atom stereocenters. The van der Waals surface area contributed by atoms with Gasteiger partial charge >= 0.3 is 0 Å². The number of aromatic nitrogens is 2. The topological polar surface area (TPSA) is 51.8 Å². The van der Waals surface area contributed by atoms with Crippen molar-refractivity contribution in [3.8, 4) is 10.6 Å². The average Bonchev–Trinajstić information content (AvgIpc) is 2.89. The Hall–Kier alpha value is -0.780. The van der Waals surface area contributed by atoms with Gasteiger partial charge in [0.15, 0.2) is 0 Å². The summed E-state index contributed by atoms with van der Waals surface area (Å²) in [4.78, 5) is 9.69. The molecule has 15 heavy (non-hydrogen) atoms. The third-order valence-electron chi connectivity index (χ3n) is 2.12. The van der Waals surface area contributed by atoms with Gasteiger partial charge in [0.1, 0.15) is 5.01 Å². The number of hydrogen-bond acceptors (Lipinski definition) is 5. The zero-order valence-electron chi connectivity index (χ0n) is 8.51. The van der Waals surface area contributed by atoms with E-state index in [-0.39, 0.29) is 6.04 Å². The Morgan fingerprint density at radius 3 is 3.00 bits per heavy atom. The Labute approximate surface area is 97.0 Å². The molecular weight excluding hydrogens is 226 g/mol. The first kappa shape index (κ1) is 10.7. The third kappa shape index (κ3) is 2.42. The van der Waals surface area contributed by atoms with Gasteiger partial charge < -0.3 is 5.73 Å². The van der Waals surface area contributed by atoms with Crippen LogP contribution in [0.2, 0.25) is 0 Å². The molecule has 0 aliphatic heterocycles. The third-order valence-corrected chi connectivity index (χ3v) is 3.90. The van der Waals surface area contributed by atoms with E-state index >= 15 is 0 Å². The maximum absolute atomic E-state index is 6.01. The summed E-state index contributed by atoms with van der Waals surface area (Å²) in [6.07, 6.45) is 3.93. The van der Waals surface area contributed by atoms with Crippen LogP contribution >= 0.6 is 22.7 Å². The molecule has 0 fully saturated rings. The van der Waals surface area contributed by atoms with Crippen LogP contribution in [-0.4, -0.2) is 9.97 Å². The van der Waals surface area contributed by atoms with Crippen LogP contribution in [-0.2, 0) is 0 Å². The molecule has 1 unspecified atom stereocenters. The van der Waals surface area contributed by atoms with E-state index in [0.717, 1.165) is 28.4 Å². The van der Waals surface area contributed by atoms with Crippen molar-refractivity contribution >= 4 is 22.7 Å². The van der Waals surface area contributed by atoms with Crippen molar-refractivity contribution in [2.75, 3.05) is 0 Å². The standard InChI is InChI=1S/C10H13N3S2/c1-2-3-7(11)10-13-8(5-14-10)9-4-12-6-15-9/h4-7H,2-3,11H2,1H3. The molecule has 5 heteroatoms. The van der Waals surface area contributed by atoms with Gasteiger partial charge in [-0.2, -0.15) is 0 Å². The number of nitrogens with zero attached hydrogens (tertiary/aromatic N) is 2. The van der Waals surface area contributed by atoms with Crippen LogP contribution in [0.25, 0.3) is 10.6 Å². The van der Waals surface area contributed by atoms with E-state index in [2.05, 4.69) is 22.3 Å². The van der Waals surface area contributed by atoms with Crippen molar-refractivity contribution in [1.29, 1.82) is 0 Å². The summed E-state index contributed by atoms with van der Waals surface area (Å²) < 4.78 is 0. The first-order chi connectivity index (χ1) is 7.31. The Balaban J connectivity index is 2.17. The molecule has 2 N–H and O–H groups in total. The highest BCUT2D eigenvalue weighted by molar-refractivity contribution is 7.14. The van der Waals surface area contributed by atoms with Crippen molar-refractivity contribution in [2.45, 2.75) is 25.8 Å². The minimum atomic E-state index is 0.0849.